The van der Waals surface area contributed by atoms with Gasteiger partial charge in [-0.05, 0) is 19.1 Å². The van der Waals surface area contributed by atoms with Crippen LogP contribution in [0, 0.1) is 6.92 Å². The highest BCUT2D eigenvalue weighted by Crippen LogP contribution is 2.35. The van der Waals surface area contributed by atoms with Gasteiger partial charge < -0.3 is 9.84 Å². The van der Waals surface area contributed by atoms with Crippen LogP contribution in [0.4, 0.5) is 5.13 Å². The number of rotatable bonds is 4. The Hall–Kier alpha value is -1.79. The normalized spacial score (nSPS) is 10.9. The minimum Gasteiger partial charge on any atom is -0.504 e. The summed E-state index contributed by atoms with van der Waals surface area (Å²) in [4.78, 5) is 4.21. The topological polar surface area (TPSA) is 66.7 Å². The molecule has 0 amide bonds. The summed E-state index contributed by atoms with van der Waals surface area (Å²) in [6, 6.07) is 3.15. The van der Waals surface area contributed by atoms with E-state index >= 15 is 0 Å². The maximum atomic E-state index is 9.54. The number of hydrogen-bond acceptors (Lipinski definition) is 6. The molecule has 5 nitrogen and oxygen atoms in total. The predicted octanol–water partition coefficient (Wildman–Crippen LogP) is 3.27. The minimum atomic E-state index is -0.00634. The van der Waals surface area contributed by atoms with E-state index in [9.17, 15) is 5.11 Å². The molecule has 0 spiro atoms. The highest BCUT2D eigenvalue weighted by Gasteiger charge is 2.10. The Morgan fingerprint density at radius 3 is 2.95 bits per heavy atom. The molecule has 2 N–H and O–H groups in total. The summed E-state index contributed by atoms with van der Waals surface area (Å²) in [6.07, 6.45) is 1.54. The summed E-state index contributed by atoms with van der Waals surface area (Å²) in [7, 11) is 1.44. The van der Waals surface area contributed by atoms with Gasteiger partial charge in [0.2, 0.25) is 5.13 Å². The van der Waals surface area contributed by atoms with Crippen LogP contribution in [0.3, 0.4) is 0 Å². The number of aryl methyl sites for hydroxylation is 1. The number of nitrogens with one attached hydrogen (secondary N) is 1. The second-order valence-corrected chi connectivity index (χ2v) is 4.92. The monoisotopic (exact) mass is 297 g/mol. The highest BCUT2D eigenvalue weighted by atomic mass is 35.5. The van der Waals surface area contributed by atoms with Gasteiger partial charge in [-0.2, -0.15) is 5.10 Å². The molecule has 2 rings (SSSR count). The van der Waals surface area contributed by atoms with Crippen molar-refractivity contribution >= 4 is 34.3 Å². The van der Waals surface area contributed by atoms with E-state index in [1.54, 1.807) is 12.3 Å². The van der Waals surface area contributed by atoms with Gasteiger partial charge in [0.25, 0.3) is 0 Å². The van der Waals surface area contributed by atoms with Gasteiger partial charge in [0.05, 0.1) is 24.0 Å². The van der Waals surface area contributed by atoms with Gasteiger partial charge in [0.1, 0.15) is 0 Å². The molecule has 1 aromatic heterocycles. The number of thiazole rings is 1. The van der Waals surface area contributed by atoms with Crippen LogP contribution in [-0.4, -0.2) is 23.4 Å². The number of halogens is 1. The molecule has 0 saturated heterocycles. The molecule has 0 aliphatic heterocycles. The van der Waals surface area contributed by atoms with E-state index in [0.717, 1.165) is 5.69 Å². The van der Waals surface area contributed by atoms with Crippen LogP contribution in [0.5, 0.6) is 11.5 Å². The summed E-state index contributed by atoms with van der Waals surface area (Å²) in [5.74, 6) is 0.226. The van der Waals surface area contributed by atoms with Crippen molar-refractivity contribution in [3.05, 3.63) is 33.8 Å². The number of ether oxygens (including phenoxy) is 1. The van der Waals surface area contributed by atoms with E-state index in [-0.39, 0.29) is 11.5 Å². The Labute approximate surface area is 119 Å². The summed E-state index contributed by atoms with van der Waals surface area (Å²) < 4.78 is 5.01. The standard InChI is InChI=1S/C12H12ClN3O2S/c1-7-6-19-12(15-7)16-14-5-8-3-4-9(17)11(18-2)10(8)13/h3-6,17H,1-2H3,(H,15,16). The average Bonchev–Trinajstić information content (AvgIpc) is 2.79. The van der Waals surface area contributed by atoms with Crippen LogP contribution in [0.25, 0.3) is 0 Å². The van der Waals surface area contributed by atoms with Crippen LogP contribution in [0.1, 0.15) is 11.3 Å². The number of methoxy groups -OCH3 is 1. The molecule has 0 fully saturated rings. The Morgan fingerprint density at radius 1 is 1.53 bits per heavy atom. The molecule has 1 heterocycles. The van der Waals surface area contributed by atoms with E-state index in [1.165, 1.54) is 24.5 Å². The second-order valence-electron chi connectivity index (χ2n) is 3.69. The Kier molecular flexibility index (Phi) is 4.24. The van der Waals surface area contributed by atoms with Crippen LogP contribution in [-0.2, 0) is 0 Å². The van der Waals surface area contributed by atoms with E-state index in [2.05, 4.69) is 15.5 Å². The zero-order chi connectivity index (χ0) is 13.8. The molecule has 0 aliphatic carbocycles. The third-order valence-corrected chi connectivity index (χ3v) is 3.55. The fraction of sp³-hybridized carbons (Fsp3) is 0.167. The van der Waals surface area contributed by atoms with Crippen molar-refractivity contribution in [3.8, 4) is 11.5 Å². The Morgan fingerprint density at radius 2 is 2.32 bits per heavy atom. The number of anilines is 1. The zero-order valence-corrected chi connectivity index (χ0v) is 11.9. The molecule has 7 heteroatoms. The molecule has 2 aromatic rings. The number of aromatic hydroxyl groups is 1. The van der Waals surface area contributed by atoms with Crippen molar-refractivity contribution in [2.45, 2.75) is 6.92 Å². The molecule has 1 aromatic carbocycles. The number of benzene rings is 1. The van der Waals surface area contributed by atoms with Gasteiger partial charge in [0.15, 0.2) is 11.5 Å². The molecule has 0 saturated carbocycles. The third kappa shape index (κ3) is 3.15. The van der Waals surface area contributed by atoms with Crippen molar-refractivity contribution in [2.24, 2.45) is 5.10 Å². The first-order valence-electron chi connectivity index (χ1n) is 5.38. The number of nitrogens with zero attached hydrogens (tertiary/aromatic N) is 2. The molecule has 0 atom stereocenters. The van der Waals surface area contributed by atoms with Gasteiger partial charge in [-0.25, -0.2) is 4.98 Å². The van der Waals surface area contributed by atoms with Crippen LogP contribution < -0.4 is 10.2 Å². The first-order valence-corrected chi connectivity index (χ1v) is 6.64. The fourth-order valence-electron chi connectivity index (χ4n) is 1.42. The number of phenols is 1. The van der Waals surface area contributed by atoms with Gasteiger partial charge in [0, 0.05) is 10.9 Å². The van der Waals surface area contributed by atoms with Gasteiger partial charge in [-0.3, -0.25) is 5.43 Å². The molecule has 100 valence electrons. The largest absolute Gasteiger partial charge is 0.504 e. The lowest BCUT2D eigenvalue weighted by molar-refractivity contribution is 0.373. The van der Waals surface area contributed by atoms with Gasteiger partial charge in [-0.15, -0.1) is 11.3 Å². The summed E-state index contributed by atoms with van der Waals surface area (Å²) in [5.41, 5.74) is 4.38. The number of hydrazone groups is 1. The molecule has 19 heavy (non-hydrogen) atoms. The van der Waals surface area contributed by atoms with E-state index in [1.807, 2.05) is 12.3 Å². The number of aromatic nitrogens is 1. The van der Waals surface area contributed by atoms with Crippen molar-refractivity contribution in [3.63, 3.8) is 0 Å². The first kappa shape index (κ1) is 13.6. The molecule has 0 bridgehead atoms. The Balaban J connectivity index is 2.15. The van der Waals surface area contributed by atoms with Crippen molar-refractivity contribution in [1.82, 2.24) is 4.98 Å². The van der Waals surface area contributed by atoms with Crippen molar-refractivity contribution in [1.29, 1.82) is 0 Å². The highest BCUT2D eigenvalue weighted by molar-refractivity contribution is 7.13. The lowest BCUT2D eigenvalue weighted by Crippen LogP contribution is -1.93. The van der Waals surface area contributed by atoms with Crippen LogP contribution >= 0.6 is 22.9 Å². The van der Waals surface area contributed by atoms with Gasteiger partial charge in [-0.1, -0.05) is 11.6 Å². The molecule has 0 aliphatic rings. The summed E-state index contributed by atoms with van der Waals surface area (Å²) >= 11 is 7.55. The zero-order valence-electron chi connectivity index (χ0n) is 10.3. The molecular formula is C12H12ClN3O2S. The lowest BCUT2D eigenvalue weighted by atomic mass is 10.2. The molecule has 0 radical (unpaired) electrons. The van der Waals surface area contributed by atoms with E-state index in [0.29, 0.717) is 15.7 Å². The fourth-order valence-corrected chi connectivity index (χ4v) is 2.34. The smallest absolute Gasteiger partial charge is 0.203 e. The number of phenolic OH excluding ortho intramolecular Hbond substituents is 1. The third-order valence-electron chi connectivity index (χ3n) is 2.29. The SMILES string of the molecule is COc1c(O)ccc(C=NNc2nc(C)cs2)c1Cl. The maximum absolute atomic E-state index is 9.54. The summed E-state index contributed by atoms with van der Waals surface area (Å²) in [5, 5.41) is 16.5. The van der Waals surface area contributed by atoms with Crippen LogP contribution in [0.2, 0.25) is 5.02 Å². The lowest BCUT2D eigenvalue weighted by Gasteiger charge is -2.07. The van der Waals surface area contributed by atoms with Crippen molar-refractivity contribution in [2.75, 3.05) is 12.5 Å². The van der Waals surface area contributed by atoms with Crippen LogP contribution in [0.15, 0.2) is 22.6 Å². The minimum absolute atomic E-state index is 0.00634. The molecule has 0 unspecified atom stereocenters. The van der Waals surface area contributed by atoms with Crippen molar-refractivity contribution < 1.29 is 9.84 Å². The molecular weight excluding hydrogens is 286 g/mol. The quantitative estimate of drug-likeness (QED) is 0.671. The first-order chi connectivity index (χ1) is 9.11. The summed E-state index contributed by atoms with van der Waals surface area (Å²) in [6.45, 7) is 1.91. The predicted molar refractivity (Wildman–Crippen MR) is 77.7 cm³/mol. The van der Waals surface area contributed by atoms with E-state index in [4.69, 9.17) is 16.3 Å². The Bertz CT molecular complexity index is 613. The average molecular weight is 298 g/mol. The number of hydrogen-bond donors (Lipinski definition) is 2. The van der Waals surface area contributed by atoms with E-state index < -0.39 is 0 Å². The maximum Gasteiger partial charge on any atom is 0.203 e. The second kappa shape index (κ2) is 5.90. The van der Waals surface area contributed by atoms with Gasteiger partial charge >= 0.3 is 0 Å².